The quantitative estimate of drug-likeness (QED) is 0.887. The monoisotopic (exact) mass is 342 g/mol. The molecule has 1 fully saturated rings. The zero-order valence-corrected chi connectivity index (χ0v) is 15.1. The molecule has 0 radical (unpaired) electrons. The highest BCUT2D eigenvalue weighted by atomic mass is 35.5. The highest BCUT2D eigenvalue weighted by Gasteiger charge is 2.29. The second-order valence-electron chi connectivity index (χ2n) is 5.75. The lowest BCUT2D eigenvalue weighted by Crippen LogP contribution is -2.51. The molecule has 2 rings (SSSR count). The molecule has 22 heavy (non-hydrogen) atoms. The van der Waals surface area contributed by atoms with E-state index in [2.05, 4.69) is 19.1 Å². The Labute approximate surface area is 144 Å². The van der Waals surface area contributed by atoms with E-state index >= 15 is 0 Å². The SMILES string of the molecule is CCSCc1ccc(C(=O)N2CCCCC2C(C)N)cc1.Cl. The molecule has 1 aromatic carbocycles. The van der Waals surface area contributed by atoms with E-state index in [1.807, 2.05) is 35.7 Å². The van der Waals surface area contributed by atoms with Gasteiger partial charge >= 0.3 is 0 Å². The first-order valence-corrected chi connectivity index (χ1v) is 9.02. The van der Waals surface area contributed by atoms with Gasteiger partial charge in [-0.05, 0) is 49.6 Å². The normalized spacial score (nSPS) is 19.4. The molecule has 1 aromatic rings. The first-order chi connectivity index (χ1) is 10.1. The Morgan fingerprint density at radius 1 is 1.36 bits per heavy atom. The van der Waals surface area contributed by atoms with Crippen molar-refractivity contribution in [2.24, 2.45) is 5.73 Å². The molecule has 0 spiro atoms. The van der Waals surface area contributed by atoms with Gasteiger partial charge < -0.3 is 10.6 Å². The number of nitrogens with two attached hydrogens (primary N) is 1. The van der Waals surface area contributed by atoms with Crippen molar-refractivity contribution in [2.45, 2.75) is 50.9 Å². The van der Waals surface area contributed by atoms with Gasteiger partial charge in [0.15, 0.2) is 0 Å². The minimum atomic E-state index is 0. The summed E-state index contributed by atoms with van der Waals surface area (Å²) >= 11 is 1.90. The number of hydrogen-bond acceptors (Lipinski definition) is 3. The molecular formula is C17H27ClN2OS. The number of likely N-dealkylation sites (tertiary alicyclic amines) is 1. The maximum absolute atomic E-state index is 12.7. The third-order valence-corrected chi connectivity index (χ3v) is 5.04. The first-order valence-electron chi connectivity index (χ1n) is 7.86. The van der Waals surface area contributed by atoms with E-state index in [9.17, 15) is 4.79 Å². The molecule has 0 saturated carbocycles. The van der Waals surface area contributed by atoms with Crippen LogP contribution in [0.5, 0.6) is 0 Å². The van der Waals surface area contributed by atoms with Gasteiger partial charge in [-0.15, -0.1) is 12.4 Å². The van der Waals surface area contributed by atoms with Gasteiger partial charge in [-0.1, -0.05) is 19.1 Å². The molecule has 1 aliphatic rings. The van der Waals surface area contributed by atoms with Crippen LogP contribution < -0.4 is 5.73 Å². The van der Waals surface area contributed by atoms with Crippen molar-refractivity contribution in [1.29, 1.82) is 0 Å². The van der Waals surface area contributed by atoms with Gasteiger partial charge in [-0.3, -0.25) is 4.79 Å². The number of halogens is 1. The van der Waals surface area contributed by atoms with Gasteiger partial charge in [0, 0.05) is 29.9 Å². The summed E-state index contributed by atoms with van der Waals surface area (Å²) < 4.78 is 0. The van der Waals surface area contributed by atoms with Crippen LogP contribution in [0.4, 0.5) is 0 Å². The Morgan fingerprint density at radius 3 is 2.64 bits per heavy atom. The van der Waals surface area contributed by atoms with E-state index in [-0.39, 0.29) is 30.4 Å². The smallest absolute Gasteiger partial charge is 0.254 e. The predicted molar refractivity (Wildman–Crippen MR) is 97.9 cm³/mol. The topological polar surface area (TPSA) is 46.3 Å². The highest BCUT2D eigenvalue weighted by molar-refractivity contribution is 7.98. The second kappa shape index (κ2) is 9.43. The highest BCUT2D eigenvalue weighted by Crippen LogP contribution is 2.22. The Hall–Kier alpha value is -0.710. The molecule has 1 heterocycles. The summed E-state index contributed by atoms with van der Waals surface area (Å²) in [6.45, 7) is 4.99. The van der Waals surface area contributed by atoms with E-state index in [0.717, 1.165) is 36.5 Å². The molecule has 1 saturated heterocycles. The van der Waals surface area contributed by atoms with Crippen molar-refractivity contribution >= 4 is 30.1 Å². The maximum atomic E-state index is 12.7. The Bertz CT molecular complexity index is 464. The van der Waals surface area contributed by atoms with Crippen LogP contribution in [-0.2, 0) is 5.75 Å². The number of rotatable bonds is 5. The summed E-state index contributed by atoms with van der Waals surface area (Å²) in [4.78, 5) is 14.7. The fourth-order valence-electron chi connectivity index (χ4n) is 2.89. The van der Waals surface area contributed by atoms with Gasteiger partial charge in [0.25, 0.3) is 5.91 Å². The molecule has 1 aliphatic heterocycles. The number of hydrogen-bond donors (Lipinski definition) is 1. The molecule has 0 aliphatic carbocycles. The summed E-state index contributed by atoms with van der Waals surface area (Å²) in [6.07, 6.45) is 3.28. The molecular weight excluding hydrogens is 316 g/mol. The summed E-state index contributed by atoms with van der Waals surface area (Å²) in [5.74, 6) is 2.26. The molecule has 0 bridgehead atoms. The Kier molecular flexibility index (Phi) is 8.29. The zero-order valence-electron chi connectivity index (χ0n) is 13.5. The molecule has 0 aromatic heterocycles. The lowest BCUT2D eigenvalue weighted by molar-refractivity contribution is 0.0584. The average molecular weight is 343 g/mol. The summed E-state index contributed by atoms with van der Waals surface area (Å²) in [6, 6.07) is 8.28. The number of benzene rings is 1. The second-order valence-corrected chi connectivity index (χ2v) is 7.03. The Balaban J connectivity index is 0.00000242. The molecule has 5 heteroatoms. The Morgan fingerprint density at radius 2 is 2.05 bits per heavy atom. The molecule has 2 atom stereocenters. The van der Waals surface area contributed by atoms with Crippen LogP contribution in [-0.4, -0.2) is 35.2 Å². The van der Waals surface area contributed by atoms with Crippen LogP contribution in [0.3, 0.4) is 0 Å². The van der Waals surface area contributed by atoms with Gasteiger partial charge in [0.2, 0.25) is 0 Å². The number of carbonyl (C=O) groups excluding carboxylic acids is 1. The molecule has 1 amide bonds. The van der Waals surface area contributed by atoms with Crippen LogP contribution in [0.1, 0.15) is 49.0 Å². The number of thioether (sulfide) groups is 1. The largest absolute Gasteiger partial charge is 0.334 e. The van der Waals surface area contributed by atoms with Crippen LogP contribution in [0.2, 0.25) is 0 Å². The fraction of sp³-hybridized carbons (Fsp3) is 0.588. The minimum absolute atomic E-state index is 0. The zero-order chi connectivity index (χ0) is 15.2. The van der Waals surface area contributed by atoms with Crippen LogP contribution in [0.25, 0.3) is 0 Å². The fourth-order valence-corrected chi connectivity index (χ4v) is 3.52. The lowest BCUT2D eigenvalue weighted by atomic mass is 9.96. The van der Waals surface area contributed by atoms with Gasteiger partial charge in [-0.2, -0.15) is 11.8 Å². The van der Waals surface area contributed by atoms with E-state index in [1.54, 1.807) is 0 Å². The predicted octanol–water partition coefficient (Wildman–Crippen LogP) is 3.70. The van der Waals surface area contributed by atoms with Gasteiger partial charge in [0.05, 0.1) is 0 Å². The molecule has 124 valence electrons. The molecule has 3 nitrogen and oxygen atoms in total. The first kappa shape index (κ1) is 19.3. The molecule has 2 N–H and O–H groups in total. The summed E-state index contributed by atoms with van der Waals surface area (Å²) in [7, 11) is 0. The van der Waals surface area contributed by atoms with Crippen molar-refractivity contribution in [2.75, 3.05) is 12.3 Å². The molecule has 2 unspecified atom stereocenters. The maximum Gasteiger partial charge on any atom is 0.254 e. The third-order valence-electron chi connectivity index (χ3n) is 4.09. The lowest BCUT2D eigenvalue weighted by Gasteiger charge is -2.38. The van der Waals surface area contributed by atoms with Crippen LogP contribution >= 0.6 is 24.2 Å². The van der Waals surface area contributed by atoms with Crippen LogP contribution in [0.15, 0.2) is 24.3 Å². The standard InChI is InChI=1S/C17H26N2OS.ClH/c1-3-21-12-14-7-9-15(10-8-14)17(20)19-11-5-4-6-16(19)13(2)18;/h7-10,13,16H,3-6,11-12,18H2,1-2H3;1H. The van der Waals surface area contributed by atoms with Crippen molar-refractivity contribution in [3.05, 3.63) is 35.4 Å². The summed E-state index contributed by atoms with van der Waals surface area (Å²) in [5, 5.41) is 0. The van der Waals surface area contributed by atoms with E-state index in [1.165, 1.54) is 12.0 Å². The van der Waals surface area contributed by atoms with E-state index in [4.69, 9.17) is 5.73 Å². The van der Waals surface area contributed by atoms with Crippen molar-refractivity contribution < 1.29 is 4.79 Å². The van der Waals surface area contributed by atoms with Crippen molar-refractivity contribution in [3.63, 3.8) is 0 Å². The number of nitrogens with zero attached hydrogens (tertiary/aromatic N) is 1. The van der Waals surface area contributed by atoms with Crippen molar-refractivity contribution in [3.8, 4) is 0 Å². The van der Waals surface area contributed by atoms with E-state index < -0.39 is 0 Å². The summed E-state index contributed by atoms with van der Waals surface area (Å²) in [5.41, 5.74) is 8.12. The van der Waals surface area contributed by atoms with Gasteiger partial charge in [-0.25, -0.2) is 0 Å². The minimum Gasteiger partial charge on any atom is -0.334 e. The average Bonchev–Trinajstić information content (AvgIpc) is 2.52. The number of piperidine rings is 1. The number of carbonyl (C=O) groups is 1. The van der Waals surface area contributed by atoms with Crippen LogP contribution in [0, 0.1) is 0 Å². The van der Waals surface area contributed by atoms with Gasteiger partial charge in [0.1, 0.15) is 0 Å². The van der Waals surface area contributed by atoms with Crippen molar-refractivity contribution in [1.82, 2.24) is 4.90 Å². The third kappa shape index (κ3) is 4.90. The number of amides is 1. The van der Waals surface area contributed by atoms with E-state index in [0.29, 0.717) is 0 Å².